The Morgan fingerprint density at radius 1 is 1.24 bits per heavy atom. The lowest BCUT2D eigenvalue weighted by molar-refractivity contribution is -0.115. The summed E-state index contributed by atoms with van der Waals surface area (Å²) in [5.41, 5.74) is 1.68. The Bertz CT molecular complexity index is 726. The fourth-order valence-corrected chi connectivity index (χ4v) is 2.83. The van der Waals surface area contributed by atoms with E-state index < -0.39 is 0 Å². The van der Waals surface area contributed by atoms with Gasteiger partial charge in [-0.15, -0.1) is 0 Å². The molecule has 0 aliphatic carbocycles. The lowest BCUT2D eigenvalue weighted by Crippen LogP contribution is -2.19. The maximum Gasteiger partial charge on any atom is 0.264 e. The van der Waals surface area contributed by atoms with Gasteiger partial charge in [0, 0.05) is 10.7 Å². The first-order valence-electron chi connectivity index (χ1n) is 6.16. The van der Waals surface area contributed by atoms with Crippen LogP contribution < -0.4 is 5.32 Å². The first kappa shape index (κ1) is 14.0. The van der Waals surface area contributed by atoms with Crippen LogP contribution >= 0.6 is 27.7 Å². The number of nitrogens with zero attached hydrogens (tertiary/aromatic N) is 2. The molecular weight excluding hydrogens is 350 g/mol. The van der Waals surface area contributed by atoms with Crippen molar-refractivity contribution in [3.05, 3.63) is 63.7 Å². The molecule has 0 spiro atoms. The van der Waals surface area contributed by atoms with Crippen LogP contribution in [0.2, 0.25) is 0 Å². The summed E-state index contributed by atoms with van der Waals surface area (Å²) in [7, 11) is 0. The van der Waals surface area contributed by atoms with Crippen LogP contribution in [0.25, 0.3) is 6.08 Å². The molecule has 1 aliphatic rings. The molecule has 0 unspecified atom stereocenters. The highest BCUT2D eigenvalue weighted by molar-refractivity contribution is 9.10. The number of aromatic nitrogens is 1. The molecule has 1 amide bonds. The molecule has 1 aromatic carbocycles. The number of nitrogens with one attached hydrogen (secondary N) is 1. The molecule has 1 N–H and O–H groups in total. The molecule has 2 aromatic rings. The van der Waals surface area contributed by atoms with Gasteiger partial charge < -0.3 is 5.32 Å². The number of thioether (sulfide) groups is 1. The largest absolute Gasteiger partial charge is 0.300 e. The zero-order valence-corrected chi connectivity index (χ0v) is 13.2. The number of carbonyl (C=O) groups excluding carboxylic acids is 1. The van der Waals surface area contributed by atoms with Gasteiger partial charge in [0.25, 0.3) is 5.91 Å². The van der Waals surface area contributed by atoms with Gasteiger partial charge in [-0.2, -0.15) is 0 Å². The van der Waals surface area contributed by atoms with Crippen molar-refractivity contribution in [3.63, 3.8) is 0 Å². The molecule has 104 valence electrons. The van der Waals surface area contributed by atoms with Crippen molar-refractivity contribution in [3.8, 4) is 0 Å². The average Bonchev–Trinajstić information content (AvgIpc) is 2.82. The summed E-state index contributed by atoms with van der Waals surface area (Å²) in [5, 5.41) is 3.32. The molecule has 1 aromatic heterocycles. The summed E-state index contributed by atoms with van der Waals surface area (Å²) in [6, 6.07) is 11.4. The predicted octanol–water partition coefficient (Wildman–Crippen LogP) is 3.74. The summed E-state index contributed by atoms with van der Waals surface area (Å²) in [6.07, 6.45) is 5.18. The Hall–Kier alpha value is -1.92. The van der Waals surface area contributed by atoms with E-state index in [1.165, 1.54) is 11.8 Å². The third-order valence-electron chi connectivity index (χ3n) is 2.70. The van der Waals surface area contributed by atoms with Crippen molar-refractivity contribution in [1.29, 1.82) is 0 Å². The van der Waals surface area contributed by atoms with Crippen LogP contribution in [-0.2, 0) is 4.79 Å². The molecule has 1 saturated heterocycles. The number of halogens is 1. The summed E-state index contributed by atoms with van der Waals surface area (Å²) in [6.45, 7) is 0. The number of rotatable bonds is 2. The van der Waals surface area contributed by atoms with Crippen molar-refractivity contribution >= 4 is 50.5 Å². The molecule has 0 bridgehead atoms. The van der Waals surface area contributed by atoms with E-state index >= 15 is 0 Å². The van der Waals surface area contributed by atoms with E-state index in [1.807, 2.05) is 36.4 Å². The smallest absolute Gasteiger partial charge is 0.264 e. The van der Waals surface area contributed by atoms with E-state index in [1.54, 1.807) is 18.5 Å². The quantitative estimate of drug-likeness (QED) is 0.831. The number of hydrogen-bond acceptors (Lipinski definition) is 4. The van der Waals surface area contributed by atoms with Gasteiger partial charge in [0.15, 0.2) is 5.17 Å². The van der Waals surface area contributed by atoms with E-state index in [2.05, 4.69) is 31.2 Å². The van der Waals surface area contributed by atoms with E-state index in [0.29, 0.717) is 15.8 Å². The minimum atomic E-state index is -0.134. The van der Waals surface area contributed by atoms with Gasteiger partial charge in [-0.05, 0) is 47.7 Å². The number of benzene rings is 1. The van der Waals surface area contributed by atoms with Crippen LogP contribution in [0.5, 0.6) is 0 Å². The standard InChI is InChI=1S/C15H10BrN3OS/c16-11-5-3-10(4-6-11)8-13-14(20)19-15(21-13)18-12-2-1-7-17-9-12/h1-9H,(H,18,19,20)/b13-8+. The Balaban J connectivity index is 1.82. The fourth-order valence-electron chi connectivity index (χ4n) is 1.73. The van der Waals surface area contributed by atoms with Gasteiger partial charge in [0.05, 0.1) is 16.8 Å². The Morgan fingerprint density at radius 3 is 2.76 bits per heavy atom. The van der Waals surface area contributed by atoms with Crippen LogP contribution in [0.4, 0.5) is 5.69 Å². The zero-order chi connectivity index (χ0) is 14.7. The highest BCUT2D eigenvalue weighted by Crippen LogP contribution is 2.28. The topological polar surface area (TPSA) is 54.4 Å². The van der Waals surface area contributed by atoms with Crippen LogP contribution in [0.15, 0.2) is 63.2 Å². The van der Waals surface area contributed by atoms with Gasteiger partial charge in [0.2, 0.25) is 0 Å². The molecule has 1 aliphatic heterocycles. The van der Waals surface area contributed by atoms with E-state index in [9.17, 15) is 4.79 Å². The minimum Gasteiger partial charge on any atom is -0.300 e. The first-order valence-corrected chi connectivity index (χ1v) is 7.77. The zero-order valence-electron chi connectivity index (χ0n) is 10.8. The molecular formula is C15H10BrN3OS. The minimum absolute atomic E-state index is 0.134. The van der Waals surface area contributed by atoms with Crippen LogP contribution in [0.1, 0.15) is 5.56 Å². The number of pyridine rings is 1. The molecule has 0 radical (unpaired) electrons. The second-order valence-corrected chi connectivity index (χ2v) is 6.19. The van der Waals surface area contributed by atoms with Crippen molar-refractivity contribution in [1.82, 2.24) is 10.3 Å². The Morgan fingerprint density at radius 2 is 2.05 bits per heavy atom. The van der Waals surface area contributed by atoms with E-state index in [4.69, 9.17) is 0 Å². The summed E-state index contributed by atoms with van der Waals surface area (Å²) in [5.74, 6) is -0.134. The van der Waals surface area contributed by atoms with Gasteiger partial charge >= 0.3 is 0 Å². The Labute approximate surface area is 134 Å². The second-order valence-electron chi connectivity index (χ2n) is 4.24. The highest BCUT2D eigenvalue weighted by atomic mass is 79.9. The monoisotopic (exact) mass is 359 g/mol. The molecule has 0 saturated carbocycles. The second kappa shape index (κ2) is 6.24. The number of aliphatic imine (C=N–C) groups is 1. The number of hydrogen-bond donors (Lipinski definition) is 1. The summed E-state index contributed by atoms with van der Waals surface area (Å²) < 4.78 is 1.01. The van der Waals surface area contributed by atoms with Gasteiger partial charge in [0.1, 0.15) is 0 Å². The van der Waals surface area contributed by atoms with Crippen molar-refractivity contribution in [2.24, 2.45) is 4.99 Å². The third kappa shape index (κ3) is 3.59. The summed E-state index contributed by atoms with van der Waals surface area (Å²) in [4.78, 5) is 20.9. The molecule has 6 heteroatoms. The highest BCUT2D eigenvalue weighted by Gasteiger charge is 2.23. The number of amides is 1. The first-order chi connectivity index (χ1) is 10.2. The SMILES string of the molecule is O=C1NC(=Nc2cccnc2)S/C1=C/c1ccc(Br)cc1. The molecule has 0 atom stereocenters. The third-order valence-corrected chi connectivity index (χ3v) is 4.13. The average molecular weight is 360 g/mol. The number of carbonyl (C=O) groups is 1. The maximum atomic E-state index is 11.9. The van der Waals surface area contributed by atoms with Crippen molar-refractivity contribution in [2.45, 2.75) is 0 Å². The van der Waals surface area contributed by atoms with Crippen LogP contribution in [-0.4, -0.2) is 16.1 Å². The predicted molar refractivity (Wildman–Crippen MR) is 89.2 cm³/mol. The lowest BCUT2D eigenvalue weighted by atomic mass is 10.2. The number of amidine groups is 1. The van der Waals surface area contributed by atoms with Crippen LogP contribution in [0, 0.1) is 0 Å². The van der Waals surface area contributed by atoms with Crippen molar-refractivity contribution in [2.75, 3.05) is 0 Å². The molecule has 3 rings (SSSR count). The van der Waals surface area contributed by atoms with Gasteiger partial charge in [-0.3, -0.25) is 9.78 Å². The Kier molecular flexibility index (Phi) is 4.17. The molecule has 1 fully saturated rings. The van der Waals surface area contributed by atoms with Crippen LogP contribution in [0.3, 0.4) is 0 Å². The maximum absolute atomic E-state index is 11.9. The lowest BCUT2D eigenvalue weighted by Gasteiger charge is -1.95. The normalized spacial score (nSPS) is 18.2. The molecule has 4 nitrogen and oxygen atoms in total. The van der Waals surface area contributed by atoms with Gasteiger partial charge in [-0.25, -0.2) is 4.99 Å². The fraction of sp³-hybridized carbons (Fsp3) is 0. The van der Waals surface area contributed by atoms with E-state index in [-0.39, 0.29) is 5.91 Å². The summed E-state index contributed by atoms with van der Waals surface area (Å²) >= 11 is 4.71. The molecule has 2 heterocycles. The van der Waals surface area contributed by atoms with E-state index in [0.717, 1.165) is 10.0 Å². The molecule has 21 heavy (non-hydrogen) atoms. The van der Waals surface area contributed by atoms with Gasteiger partial charge in [-0.1, -0.05) is 28.1 Å². The van der Waals surface area contributed by atoms with Crippen molar-refractivity contribution < 1.29 is 4.79 Å².